The molecule has 0 saturated heterocycles. The van der Waals surface area contributed by atoms with Crippen LogP contribution in [0, 0.1) is 0 Å². The summed E-state index contributed by atoms with van der Waals surface area (Å²) in [5.41, 5.74) is 4.88. The van der Waals surface area contributed by atoms with E-state index in [1.54, 1.807) is 25.1 Å². The molecule has 0 unspecified atom stereocenters. The van der Waals surface area contributed by atoms with Gasteiger partial charge in [-0.1, -0.05) is 0 Å². The van der Waals surface area contributed by atoms with E-state index in [9.17, 15) is 9.59 Å². The molecule has 1 aromatic rings. The predicted octanol–water partition coefficient (Wildman–Crippen LogP) is 0.921. The summed E-state index contributed by atoms with van der Waals surface area (Å²) in [7, 11) is 0. The van der Waals surface area contributed by atoms with Gasteiger partial charge in [0.2, 0.25) is 0 Å². The maximum atomic E-state index is 11.9. The van der Waals surface area contributed by atoms with Crippen LogP contribution in [0.4, 0.5) is 11.4 Å². The van der Waals surface area contributed by atoms with Crippen LogP contribution in [0.2, 0.25) is 0 Å². The molecule has 1 aliphatic rings. The first-order valence-electron chi connectivity index (χ1n) is 5.54. The Morgan fingerprint density at radius 1 is 1.56 bits per heavy atom. The lowest BCUT2D eigenvalue weighted by atomic mass is 10.0. The number of amides is 1. The van der Waals surface area contributed by atoms with Crippen LogP contribution < -0.4 is 15.8 Å². The number of fused-ring (bicyclic) bond motifs is 1. The molecule has 0 radical (unpaired) electrons. The molecule has 0 saturated carbocycles. The number of ether oxygens (including phenoxy) is 2. The fourth-order valence-corrected chi connectivity index (χ4v) is 1.65. The molecule has 0 spiro atoms. The summed E-state index contributed by atoms with van der Waals surface area (Å²) in [4.78, 5) is 23.7. The van der Waals surface area contributed by atoms with Crippen molar-refractivity contribution in [2.75, 3.05) is 17.7 Å². The van der Waals surface area contributed by atoms with Gasteiger partial charge in [0.25, 0.3) is 11.5 Å². The average molecular weight is 250 g/mol. The summed E-state index contributed by atoms with van der Waals surface area (Å²) >= 11 is 0. The molecule has 18 heavy (non-hydrogen) atoms. The third-order valence-corrected chi connectivity index (χ3v) is 2.66. The Labute approximate surface area is 104 Å². The zero-order valence-corrected chi connectivity index (χ0v) is 10.1. The monoisotopic (exact) mass is 250 g/mol. The average Bonchev–Trinajstić information content (AvgIpc) is 2.31. The quantitative estimate of drug-likeness (QED) is 0.462. The van der Waals surface area contributed by atoms with Crippen LogP contribution in [0.5, 0.6) is 5.75 Å². The second-order valence-electron chi connectivity index (χ2n) is 4.07. The normalized spacial score (nSPS) is 21.6. The summed E-state index contributed by atoms with van der Waals surface area (Å²) in [6, 6.07) is 4.79. The highest BCUT2D eigenvalue weighted by Crippen LogP contribution is 2.35. The number of rotatable bonds is 2. The van der Waals surface area contributed by atoms with Gasteiger partial charge in [0.15, 0.2) is 0 Å². The van der Waals surface area contributed by atoms with E-state index < -0.39 is 17.5 Å². The van der Waals surface area contributed by atoms with Crippen molar-refractivity contribution in [3.05, 3.63) is 18.2 Å². The zero-order valence-electron chi connectivity index (χ0n) is 10.1. The predicted molar refractivity (Wildman–Crippen MR) is 65.2 cm³/mol. The number of nitrogen functional groups attached to an aromatic ring is 1. The number of anilines is 2. The first-order chi connectivity index (χ1) is 8.47. The van der Waals surface area contributed by atoms with Gasteiger partial charge in [-0.05, 0) is 32.0 Å². The number of nitrogens with two attached hydrogens (primary N) is 1. The molecule has 96 valence electrons. The SMILES string of the molecule is CCOC(=O)[C@@]1(C)Oc2ccc(N)cc2NC1=O. The summed E-state index contributed by atoms with van der Waals surface area (Å²) in [6.07, 6.45) is 0. The van der Waals surface area contributed by atoms with E-state index in [4.69, 9.17) is 15.2 Å². The van der Waals surface area contributed by atoms with E-state index in [2.05, 4.69) is 5.32 Å². The number of hydrogen-bond acceptors (Lipinski definition) is 5. The summed E-state index contributed by atoms with van der Waals surface area (Å²) < 4.78 is 10.3. The maximum Gasteiger partial charge on any atom is 0.360 e. The second-order valence-corrected chi connectivity index (χ2v) is 4.07. The van der Waals surface area contributed by atoms with Crippen LogP contribution in [-0.4, -0.2) is 24.1 Å². The van der Waals surface area contributed by atoms with Crippen molar-refractivity contribution in [3.8, 4) is 5.75 Å². The molecule has 1 aliphatic heterocycles. The van der Waals surface area contributed by atoms with Gasteiger partial charge in [0.05, 0.1) is 12.3 Å². The highest BCUT2D eigenvalue weighted by atomic mass is 16.6. The smallest absolute Gasteiger partial charge is 0.360 e. The zero-order chi connectivity index (χ0) is 13.3. The minimum atomic E-state index is -1.67. The van der Waals surface area contributed by atoms with Crippen molar-refractivity contribution in [3.63, 3.8) is 0 Å². The van der Waals surface area contributed by atoms with E-state index in [-0.39, 0.29) is 6.61 Å². The molecular weight excluding hydrogens is 236 g/mol. The Morgan fingerprint density at radius 2 is 2.28 bits per heavy atom. The molecule has 6 heteroatoms. The molecule has 0 aliphatic carbocycles. The second kappa shape index (κ2) is 4.21. The van der Waals surface area contributed by atoms with Gasteiger partial charge in [0, 0.05) is 5.69 Å². The topological polar surface area (TPSA) is 90.7 Å². The highest BCUT2D eigenvalue weighted by Gasteiger charge is 2.48. The molecule has 1 atom stereocenters. The van der Waals surface area contributed by atoms with Crippen LogP contribution in [0.3, 0.4) is 0 Å². The number of esters is 1. The largest absolute Gasteiger partial charge is 0.464 e. The third-order valence-electron chi connectivity index (χ3n) is 2.66. The van der Waals surface area contributed by atoms with Crippen LogP contribution in [0.15, 0.2) is 18.2 Å². The molecule has 1 amide bonds. The Kier molecular flexibility index (Phi) is 2.86. The Balaban J connectivity index is 2.36. The third kappa shape index (κ3) is 1.85. The minimum Gasteiger partial charge on any atom is -0.464 e. The number of benzene rings is 1. The summed E-state index contributed by atoms with van der Waals surface area (Å²) in [5, 5.41) is 2.59. The van der Waals surface area contributed by atoms with Crippen molar-refractivity contribution in [1.29, 1.82) is 0 Å². The Bertz CT molecular complexity index is 515. The molecule has 1 heterocycles. The fourth-order valence-electron chi connectivity index (χ4n) is 1.65. The first kappa shape index (κ1) is 12.2. The van der Waals surface area contributed by atoms with Crippen LogP contribution in [-0.2, 0) is 14.3 Å². The van der Waals surface area contributed by atoms with Crippen molar-refractivity contribution in [1.82, 2.24) is 0 Å². The summed E-state index contributed by atoms with van der Waals surface area (Å²) in [6.45, 7) is 3.22. The number of carbonyl (C=O) groups excluding carboxylic acids is 2. The first-order valence-corrected chi connectivity index (χ1v) is 5.54. The van der Waals surface area contributed by atoms with E-state index in [0.29, 0.717) is 17.1 Å². The van der Waals surface area contributed by atoms with Gasteiger partial charge in [-0.2, -0.15) is 0 Å². The van der Waals surface area contributed by atoms with Crippen molar-refractivity contribution >= 4 is 23.3 Å². The van der Waals surface area contributed by atoms with E-state index in [1.165, 1.54) is 6.92 Å². The van der Waals surface area contributed by atoms with Crippen molar-refractivity contribution in [2.45, 2.75) is 19.4 Å². The van der Waals surface area contributed by atoms with Crippen LogP contribution in [0.1, 0.15) is 13.8 Å². The van der Waals surface area contributed by atoms with E-state index in [0.717, 1.165) is 0 Å². The number of hydrogen-bond donors (Lipinski definition) is 2. The maximum absolute atomic E-state index is 11.9. The van der Waals surface area contributed by atoms with Crippen molar-refractivity contribution < 1.29 is 19.1 Å². The molecule has 6 nitrogen and oxygen atoms in total. The van der Waals surface area contributed by atoms with E-state index in [1.807, 2.05) is 0 Å². The van der Waals surface area contributed by atoms with Gasteiger partial charge in [0.1, 0.15) is 5.75 Å². The highest BCUT2D eigenvalue weighted by molar-refractivity contribution is 6.14. The van der Waals surface area contributed by atoms with Crippen LogP contribution >= 0.6 is 0 Å². The van der Waals surface area contributed by atoms with Crippen molar-refractivity contribution in [2.24, 2.45) is 0 Å². The van der Waals surface area contributed by atoms with Gasteiger partial charge < -0.3 is 20.5 Å². The molecule has 0 aromatic heterocycles. The van der Waals surface area contributed by atoms with Crippen LogP contribution in [0.25, 0.3) is 0 Å². The Morgan fingerprint density at radius 3 is 2.94 bits per heavy atom. The molecule has 0 fully saturated rings. The molecule has 2 rings (SSSR count). The molecule has 1 aromatic carbocycles. The molecule has 0 bridgehead atoms. The molecular formula is C12H14N2O4. The summed E-state index contributed by atoms with van der Waals surface area (Å²) in [5.74, 6) is -0.900. The van der Waals surface area contributed by atoms with E-state index >= 15 is 0 Å². The lowest BCUT2D eigenvalue weighted by molar-refractivity contribution is -0.164. The fraction of sp³-hybridized carbons (Fsp3) is 0.333. The van der Waals surface area contributed by atoms with Gasteiger partial charge >= 0.3 is 5.97 Å². The van der Waals surface area contributed by atoms with Gasteiger partial charge in [-0.15, -0.1) is 0 Å². The Hall–Kier alpha value is -2.24. The molecule has 3 N–H and O–H groups in total. The lowest BCUT2D eigenvalue weighted by Crippen LogP contribution is -2.55. The minimum absolute atomic E-state index is 0.180. The number of nitrogens with one attached hydrogen (secondary N) is 1. The standard InChI is InChI=1S/C12H14N2O4/c1-3-17-11(16)12(2)10(15)14-8-6-7(13)4-5-9(8)18-12/h4-6H,3,13H2,1-2H3,(H,14,15)/t12-/m0/s1. The lowest BCUT2D eigenvalue weighted by Gasteiger charge is -2.32. The van der Waals surface area contributed by atoms with Gasteiger partial charge in [-0.25, -0.2) is 4.79 Å². The number of carbonyl (C=O) groups is 2. The van der Waals surface area contributed by atoms with Gasteiger partial charge in [-0.3, -0.25) is 4.79 Å².